The molecule has 108 valence electrons. The lowest BCUT2D eigenvalue weighted by Crippen LogP contribution is -2.38. The average molecular weight is 282 g/mol. The molecular weight excluding hydrogens is 264 g/mol. The minimum atomic E-state index is -0.0875. The van der Waals surface area contributed by atoms with Crippen molar-refractivity contribution >= 4 is 11.7 Å². The van der Waals surface area contributed by atoms with E-state index in [2.05, 4.69) is 33.9 Å². The number of hydrogen-bond acceptors (Lipinski definition) is 4. The highest BCUT2D eigenvalue weighted by Gasteiger charge is 2.20. The summed E-state index contributed by atoms with van der Waals surface area (Å²) in [6.45, 7) is 0. The van der Waals surface area contributed by atoms with Gasteiger partial charge in [-0.1, -0.05) is 24.3 Å². The third-order valence-electron chi connectivity index (χ3n) is 3.86. The van der Waals surface area contributed by atoms with Crippen molar-refractivity contribution in [1.82, 2.24) is 10.3 Å². The molecule has 1 heterocycles. The molecule has 0 aliphatic heterocycles. The van der Waals surface area contributed by atoms with Crippen LogP contribution in [-0.4, -0.2) is 16.9 Å². The fraction of sp³-hybridized carbons (Fsp3) is 0.250. The van der Waals surface area contributed by atoms with Gasteiger partial charge in [-0.2, -0.15) is 0 Å². The standard InChI is InChI=1S/C16H18N4O/c17-20-15-8-6-13(10-18-15)16(21)19-14-7-5-11-3-1-2-4-12(11)9-14/h1-4,6,8,10,14H,5,7,9,17H2,(H,18,20)(H,19,21). The number of nitrogens with one attached hydrogen (secondary N) is 2. The smallest absolute Gasteiger partial charge is 0.253 e. The van der Waals surface area contributed by atoms with Gasteiger partial charge in [-0.25, -0.2) is 10.8 Å². The average Bonchev–Trinajstić information content (AvgIpc) is 2.55. The number of aromatic nitrogens is 1. The maximum absolute atomic E-state index is 12.2. The number of fused-ring (bicyclic) bond motifs is 1. The number of carbonyl (C=O) groups excluding carboxylic acids is 1. The summed E-state index contributed by atoms with van der Waals surface area (Å²) >= 11 is 0. The predicted octanol–water partition coefficient (Wildman–Crippen LogP) is 1.65. The van der Waals surface area contributed by atoms with Gasteiger partial charge in [0, 0.05) is 12.2 Å². The SMILES string of the molecule is NNc1ccc(C(=O)NC2CCc3ccccc3C2)cn1. The summed E-state index contributed by atoms with van der Waals surface area (Å²) in [6, 6.07) is 12.0. The Kier molecular flexibility index (Phi) is 3.83. The lowest BCUT2D eigenvalue weighted by atomic mass is 9.88. The summed E-state index contributed by atoms with van der Waals surface area (Å²) in [5.74, 6) is 5.71. The van der Waals surface area contributed by atoms with Crippen molar-refractivity contribution in [3.05, 3.63) is 59.3 Å². The number of amides is 1. The molecule has 3 rings (SSSR count). The molecule has 0 bridgehead atoms. The molecule has 1 unspecified atom stereocenters. The number of nitrogens with two attached hydrogens (primary N) is 1. The molecule has 0 radical (unpaired) electrons. The first-order valence-electron chi connectivity index (χ1n) is 7.06. The fourth-order valence-electron chi connectivity index (χ4n) is 2.70. The van der Waals surface area contributed by atoms with Crippen molar-refractivity contribution in [1.29, 1.82) is 0 Å². The number of nitrogen functional groups attached to an aromatic ring is 1. The second kappa shape index (κ2) is 5.93. The van der Waals surface area contributed by atoms with E-state index in [4.69, 9.17) is 5.84 Å². The quantitative estimate of drug-likeness (QED) is 0.591. The molecule has 1 aromatic heterocycles. The largest absolute Gasteiger partial charge is 0.349 e. The highest BCUT2D eigenvalue weighted by molar-refractivity contribution is 5.94. The molecule has 1 aromatic carbocycles. The van der Waals surface area contributed by atoms with E-state index < -0.39 is 0 Å². The molecule has 2 aromatic rings. The predicted molar refractivity (Wildman–Crippen MR) is 81.8 cm³/mol. The van der Waals surface area contributed by atoms with Crippen LogP contribution in [0.1, 0.15) is 27.9 Å². The van der Waals surface area contributed by atoms with Gasteiger partial charge < -0.3 is 10.7 Å². The second-order valence-electron chi connectivity index (χ2n) is 5.26. The van der Waals surface area contributed by atoms with Crippen LogP contribution < -0.4 is 16.6 Å². The number of nitrogens with zero attached hydrogens (tertiary/aromatic N) is 1. The van der Waals surface area contributed by atoms with Gasteiger partial charge >= 0.3 is 0 Å². The first-order chi connectivity index (χ1) is 10.3. The van der Waals surface area contributed by atoms with Gasteiger partial charge in [-0.15, -0.1) is 0 Å². The number of pyridine rings is 1. The normalized spacial score (nSPS) is 16.9. The topological polar surface area (TPSA) is 80.0 Å². The van der Waals surface area contributed by atoms with E-state index in [1.807, 2.05) is 6.07 Å². The van der Waals surface area contributed by atoms with Gasteiger partial charge in [0.25, 0.3) is 5.91 Å². The Morgan fingerprint density at radius 3 is 2.71 bits per heavy atom. The highest BCUT2D eigenvalue weighted by atomic mass is 16.1. The van der Waals surface area contributed by atoms with Crippen molar-refractivity contribution in [2.75, 3.05) is 5.43 Å². The Balaban J connectivity index is 1.65. The van der Waals surface area contributed by atoms with Crippen LogP contribution in [0.15, 0.2) is 42.6 Å². The third kappa shape index (κ3) is 3.03. The van der Waals surface area contributed by atoms with E-state index in [-0.39, 0.29) is 11.9 Å². The van der Waals surface area contributed by atoms with Crippen molar-refractivity contribution in [3.63, 3.8) is 0 Å². The maximum atomic E-state index is 12.2. The first-order valence-corrected chi connectivity index (χ1v) is 7.06. The fourth-order valence-corrected chi connectivity index (χ4v) is 2.70. The zero-order valence-corrected chi connectivity index (χ0v) is 11.7. The highest BCUT2D eigenvalue weighted by Crippen LogP contribution is 2.21. The third-order valence-corrected chi connectivity index (χ3v) is 3.86. The zero-order valence-electron chi connectivity index (χ0n) is 11.7. The second-order valence-corrected chi connectivity index (χ2v) is 5.26. The van der Waals surface area contributed by atoms with Gasteiger partial charge in [0.1, 0.15) is 5.82 Å². The molecular formula is C16H18N4O. The van der Waals surface area contributed by atoms with Crippen LogP contribution in [0.3, 0.4) is 0 Å². The van der Waals surface area contributed by atoms with Gasteiger partial charge in [0.05, 0.1) is 5.56 Å². The lowest BCUT2D eigenvalue weighted by molar-refractivity contribution is 0.0933. The van der Waals surface area contributed by atoms with Gasteiger partial charge in [-0.05, 0) is 42.5 Å². The van der Waals surface area contributed by atoms with Crippen LogP contribution in [0.5, 0.6) is 0 Å². The molecule has 1 aliphatic carbocycles. The lowest BCUT2D eigenvalue weighted by Gasteiger charge is -2.25. The van der Waals surface area contributed by atoms with Crippen molar-refractivity contribution in [2.45, 2.75) is 25.3 Å². The van der Waals surface area contributed by atoms with E-state index in [9.17, 15) is 4.79 Å². The Labute approximate surface area is 123 Å². The van der Waals surface area contributed by atoms with Gasteiger partial charge in [0.2, 0.25) is 0 Å². The minimum Gasteiger partial charge on any atom is -0.349 e. The zero-order chi connectivity index (χ0) is 14.7. The van der Waals surface area contributed by atoms with E-state index in [0.29, 0.717) is 11.4 Å². The minimum absolute atomic E-state index is 0.0875. The van der Waals surface area contributed by atoms with Crippen LogP contribution >= 0.6 is 0 Å². The van der Waals surface area contributed by atoms with Gasteiger partial charge in [-0.3, -0.25) is 4.79 Å². The number of rotatable bonds is 3. The summed E-state index contributed by atoms with van der Waals surface area (Å²) < 4.78 is 0. The Morgan fingerprint density at radius 2 is 2.00 bits per heavy atom. The number of hydrogen-bond donors (Lipinski definition) is 3. The number of aryl methyl sites for hydroxylation is 1. The summed E-state index contributed by atoms with van der Waals surface area (Å²) in [7, 11) is 0. The Hall–Kier alpha value is -2.40. The molecule has 0 spiro atoms. The molecule has 1 amide bonds. The Morgan fingerprint density at radius 1 is 1.19 bits per heavy atom. The van der Waals surface area contributed by atoms with E-state index >= 15 is 0 Å². The molecule has 21 heavy (non-hydrogen) atoms. The maximum Gasteiger partial charge on any atom is 0.253 e. The number of anilines is 1. The van der Waals surface area contributed by atoms with Crippen molar-refractivity contribution in [3.8, 4) is 0 Å². The summed E-state index contributed by atoms with van der Waals surface area (Å²) in [5.41, 5.74) is 5.71. The van der Waals surface area contributed by atoms with Gasteiger partial charge in [0.15, 0.2) is 0 Å². The molecule has 1 aliphatic rings. The summed E-state index contributed by atoms with van der Waals surface area (Å²) in [6.07, 6.45) is 4.40. The number of carbonyl (C=O) groups is 1. The molecule has 5 nitrogen and oxygen atoms in total. The molecule has 0 saturated carbocycles. The summed E-state index contributed by atoms with van der Waals surface area (Å²) in [5, 5.41) is 3.08. The first kappa shape index (κ1) is 13.6. The number of hydrazine groups is 1. The van der Waals surface area contributed by atoms with Crippen LogP contribution in [-0.2, 0) is 12.8 Å². The van der Waals surface area contributed by atoms with Crippen molar-refractivity contribution < 1.29 is 4.79 Å². The monoisotopic (exact) mass is 282 g/mol. The summed E-state index contributed by atoms with van der Waals surface area (Å²) in [4.78, 5) is 16.3. The van der Waals surface area contributed by atoms with Crippen molar-refractivity contribution in [2.24, 2.45) is 5.84 Å². The molecule has 0 fully saturated rings. The van der Waals surface area contributed by atoms with Crippen LogP contribution in [0.4, 0.5) is 5.82 Å². The van der Waals surface area contributed by atoms with Crippen LogP contribution in [0.2, 0.25) is 0 Å². The van der Waals surface area contributed by atoms with E-state index in [1.54, 1.807) is 12.1 Å². The Bertz CT molecular complexity index is 639. The number of benzene rings is 1. The molecule has 0 saturated heterocycles. The van der Waals surface area contributed by atoms with E-state index in [1.165, 1.54) is 17.3 Å². The molecule has 1 atom stereocenters. The van der Waals surface area contributed by atoms with Crippen LogP contribution in [0, 0.1) is 0 Å². The van der Waals surface area contributed by atoms with E-state index in [0.717, 1.165) is 19.3 Å². The van der Waals surface area contributed by atoms with Crippen LogP contribution in [0.25, 0.3) is 0 Å². The molecule has 5 heteroatoms. The molecule has 4 N–H and O–H groups in total.